The van der Waals surface area contributed by atoms with E-state index in [0.717, 1.165) is 32.7 Å². The van der Waals surface area contributed by atoms with Gasteiger partial charge in [-0.3, -0.25) is 9.69 Å². The number of nitriles is 1. The summed E-state index contributed by atoms with van der Waals surface area (Å²) in [5, 5.41) is 9.03. The van der Waals surface area contributed by atoms with Crippen LogP contribution in [0.25, 0.3) is 0 Å². The minimum absolute atomic E-state index is 0.0826. The molecule has 2 aliphatic heterocycles. The van der Waals surface area contributed by atoms with E-state index >= 15 is 0 Å². The number of hydrogen-bond acceptors (Lipinski definition) is 4. The first-order valence-corrected chi connectivity index (χ1v) is 7.95. The highest BCUT2D eigenvalue weighted by Crippen LogP contribution is 2.26. The van der Waals surface area contributed by atoms with Crippen molar-refractivity contribution < 1.29 is 4.79 Å². The molecular weight excluding hydrogens is 252 g/mol. The van der Waals surface area contributed by atoms with E-state index < -0.39 is 0 Å². The summed E-state index contributed by atoms with van der Waals surface area (Å²) in [4.78, 5) is 18.7. The molecule has 20 heavy (non-hydrogen) atoms. The summed E-state index contributed by atoms with van der Waals surface area (Å²) in [6, 6.07) is -0.0826. The van der Waals surface area contributed by atoms with Crippen LogP contribution < -0.4 is 0 Å². The molecule has 0 spiro atoms. The standard InChI is InChI=1S/C15H24N4O/c16-12-17-6-7-18-8-9-19(15(20)14(18)11-17)10-13-4-2-1-3-5-13/h13-14H,1-11H2/t14-/m1/s1. The summed E-state index contributed by atoms with van der Waals surface area (Å²) in [5.41, 5.74) is 0. The number of carbonyl (C=O) groups is 1. The van der Waals surface area contributed by atoms with Crippen LogP contribution in [0.1, 0.15) is 32.1 Å². The topological polar surface area (TPSA) is 50.6 Å². The molecule has 5 nitrogen and oxygen atoms in total. The summed E-state index contributed by atoms with van der Waals surface area (Å²) in [6.45, 7) is 4.98. The van der Waals surface area contributed by atoms with Crippen LogP contribution in [0.2, 0.25) is 0 Å². The third-order valence-electron chi connectivity index (χ3n) is 5.09. The maximum absolute atomic E-state index is 12.6. The largest absolute Gasteiger partial charge is 0.340 e. The summed E-state index contributed by atoms with van der Waals surface area (Å²) in [6.07, 6.45) is 8.76. The lowest BCUT2D eigenvalue weighted by Crippen LogP contribution is -2.64. The van der Waals surface area contributed by atoms with Crippen molar-refractivity contribution >= 4 is 5.91 Å². The molecule has 2 saturated heterocycles. The molecule has 0 N–H and O–H groups in total. The van der Waals surface area contributed by atoms with Crippen LogP contribution in [0.5, 0.6) is 0 Å². The highest BCUT2D eigenvalue weighted by Gasteiger charge is 2.38. The zero-order chi connectivity index (χ0) is 13.9. The Morgan fingerprint density at radius 1 is 1.10 bits per heavy atom. The average molecular weight is 276 g/mol. The van der Waals surface area contributed by atoms with Gasteiger partial charge in [0.25, 0.3) is 0 Å². The van der Waals surface area contributed by atoms with E-state index in [1.54, 1.807) is 4.90 Å². The second-order valence-corrected chi connectivity index (χ2v) is 6.39. The van der Waals surface area contributed by atoms with Crippen molar-refractivity contribution in [3.63, 3.8) is 0 Å². The van der Waals surface area contributed by atoms with E-state index in [2.05, 4.69) is 16.0 Å². The molecule has 0 bridgehead atoms. The van der Waals surface area contributed by atoms with Crippen LogP contribution in [0.3, 0.4) is 0 Å². The Balaban J connectivity index is 1.60. The van der Waals surface area contributed by atoms with Crippen molar-refractivity contribution in [2.24, 2.45) is 5.92 Å². The van der Waals surface area contributed by atoms with E-state index in [-0.39, 0.29) is 11.9 Å². The van der Waals surface area contributed by atoms with E-state index in [1.165, 1.54) is 32.1 Å². The van der Waals surface area contributed by atoms with Crippen molar-refractivity contribution in [3.05, 3.63) is 0 Å². The lowest BCUT2D eigenvalue weighted by atomic mass is 9.88. The van der Waals surface area contributed by atoms with Crippen LogP contribution in [0.4, 0.5) is 0 Å². The summed E-state index contributed by atoms with van der Waals surface area (Å²) >= 11 is 0. The van der Waals surface area contributed by atoms with Gasteiger partial charge in [0.1, 0.15) is 6.04 Å². The normalized spacial score (nSPS) is 29.1. The fourth-order valence-electron chi connectivity index (χ4n) is 3.85. The number of fused-ring (bicyclic) bond motifs is 1. The number of carbonyl (C=O) groups excluding carboxylic acids is 1. The van der Waals surface area contributed by atoms with Crippen molar-refractivity contribution in [1.82, 2.24) is 14.7 Å². The van der Waals surface area contributed by atoms with E-state index in [9.17, 15) is 4.79 Å². The van der Waals surface area contributed by atoms with Gasteiger partial charge >= 0.3 is 0 Å². The second kappa shape index (κ2) is 6.01. The maximum atomic E-state index is 12.6. The summed E-state index contributed by atoms with van der Waals surface area (Å²) < 4.78 is 0. The van der Waals surface area contributed by atoms with Crippen molar-refractivity contribution in [2.45, 2.75) is 38.1 Å². The van der Waals surface area contributed by atoms with Gasteiger partial charge in [0.2, 0.25) is 5.91 Å². The first kappa shape index (κ1) is 13.7. The second-order valence-electron chi connectivity index (χ2n) is 6.39. The number of amides is 1. The summed E-state index contributed by atoms with van der Waals surface area (Å²) in [5.74, 6) is 0.955. The number of nitrogens with zero attached hydrogens (tertiary/aromatic N) is 4. The number of hydrogen-bond donors (Lipinski definition) is 0. The highest BCUT2D eigenvalue weighted by molar-refractivity contribution is 5.83. The molecule has 0 radical (unpaired) electrons. The number of piperazine rings is 2. The molecule has 0 unspecified atom stereocenters. The molecule has 1 atom stereocenters. The van der Waals surface area contributed by atoms with Gasteiger partial charge in [0, 0.05) is 32.7 Å². The molecule has 1 saturated carbocycles. The SMILES string of the molecule is N#CN1CCN2CCN(CC3CCCCC3)C(=O)[C@H]2C1. The Bertz CT molecular complexity index is 399. The van der Waals surface area contributed by atoms with Gasteiger partial charge in [0.15, 0.2) is 6.19 Å². The molecule has 1 amide bonds. The van der Waals surface area contributed by atoms with E-state index in [0.29, 0.717) is 12.5 Å². The Labute approximate surface area is 121 Å². The molecule has 0 aromatic carbocycles. The molecule has 3 fully saturated rings. The van der Waals surface area contributed by atoms with Crippen molar-refractivity contribution in [1.29, 1.82) is 5.26 Å². The third-order valence-corrected chi connectivity index (χ3v) is 5.09. The maximum Gasteiger partial charge on any atom is 0.241 e. The highest BCUT2D eigenvalue weighted by atomic mass is 16.2. The third kappa shape index (κ3) is 2.76. The van der Waals surface area contributed by atoms with Crippen molar-refractivity contribution in [2.75, 3.05) is 39.3 Å². The summed E-state index contributed by atoms with van der Waals surface area (Å²) in [7, 11) is 0. The molecule has 110 valence electrons. The minimum atomic E-state index is -0.0826. The molecule has 3 aliphatic rings. The predicted molar refractivity (Wildman–Crippen MR) is 75.7 cm³/mol. The van der Waals surface area contributed by atoms with Gasteiger partial charge in [0.05, 0.1) is 6.54 Å². The zero-order valence-corrected chi connectivity index (χ0v) is 12.1. The predicted octanol–water partition coefficient (Wildman–Crippen LogP) is 0.876. The van der Waals surface area contributed by atoms with Crippen LogP contribution in [0.15, 0.2) is 0 Å². The lowest BCUT2D eigenvalue weighted by molar-refractivity contribution is -0.145. The molecule has 0 aromatic rings. The van der Waals surface area contributed by atoms with Gasteiger partial charge in [-0.15, -0.1) is 0 Å². The van der Waals surface area contributed by atoms with Gasteiger partial charge in [-0.2, -0.15) is 5.26 Å². The minimum Gasteiger partial charge on any atom is -0.340 e. The Hall–Kier alpha value is -1.28. The van der Waals surface area contributed by atoms with Crippen LogP contribution >= 0.6 is 0 Å². The first-order valence-electron chi connectivity index (χ1n) is 7.95. The van der Waals surface area contributed by atoms with Gasteiger partial charge < -0.3 is 9.80 Å². The quantitative estimate of drug-likeness (QED) is 0.703. The fourth-order valence-corrected chi connectivity index (χ4v) is 3.85. The van der Waals surface area contributed by atoms with Gasteiger partial charge in [-0.1, -0.05) is 19.3 Å². The van der Waals surface area contributed by atoms with E-state index in [1.807, 2.05) is 0 Å². The van der Waals surface area contributed by atoms with Gasteiger partial charge in [-0.25, -0.2) is 0 Å². The van der Waals surface area contributed by atoms with Crippen molar-refractivity contribution in [3.8, 4) is 6.19 Å². The molecule has 5 heteroatoms. The fraction of sp³-hybridized carbons (Fsp3) is 0.867. The van der Waals surface area contributed by atoms with E-state index in [4.69, 9.17) is 5.26 Å². The Morgan fingerprint density at radius 3 is 2.60 bits per heavy atom. The zero-order valence-electron chi connectivity index (χ0n) is 12.1. The molecule has 3 rings (SSSR count). The molecule has 0 aromatic heterocycles. The Morgan fingerprint density at radius 2 is 1.85 bits per heavy atom. The Kier molecular flexibility index (Phi) is 4.11. The molecular formula is C15H24N4O. The van der Waals surface area contributed by atoms with Crippen LogP contribution in [-0.4, -0.2) is 65.9 Å². The monoisotopic (exact) mass is 276 g/mol. The average Bonchev–Trinajstić information content (AvgIpc) is 2.51. The smallest absolute Gasteiger partial charge is 0.241 e. The first-order chi connectivity index (χ1) is 9.78. The molecule has 2 heterocycles. The number of rotatable bonds is 2. The van der Waals surface area contributed by atoms with Crippen LogP contribution in [0, 0.1) is 17.4 Å². The van der Waals surface area contributed by atoms with Gasteiger partial charge in [-0.05, 0) is 18.8 Å². The van der Waals surface area contributed by atoms with Crippen LogP contribution in [-0.2, 0) is 4.79 Å². The lowest BCUT2D eigenvalue weighted by Gasteiger charge is -2.46. The molecule has 1 aliphatic carbocycles.